The first-order chi connectivity index (χ1) is 12.6. The summed E-state index contributed by atoms with van der Waals surface area (Å²) in [5, 5.41) is 0. The number of ether oxygens (including phenoxy) is 3. The monoisotopic (exact) mass is 366 g/mol. The zero-order chi connectivity index (χ0) is 18.8. The third kappa shape index (κ3) is 6.69. The van der Waals surface area contributed by atoms with E-state index < -0.39 is 17.7 Å². The van der Waals surface area contributed by atoms with E-state index in [0.717, 1.165) is 56.9 Å². The Balaban J connectivity index is 1.79. The van der Waals surface area contributed by atoms with Crippen LogP contribution in [-0.4, -0.2) is 25.5 Å². The standard InChI is InChI=1S/C21H31FO4/c1-3-5-7-9-16-11-12-19(18(22)13-16)26-21(23)17-14-24-20(25-15-17)10-8-6-4-2/h11-13,17,20H,3-10,14-15H2,1-2H3. The first-order valence-corrected chi connectivity index (χ1v) is 9.87. The van der Waals surface area contributed by atoms with E-state index in [2.05, 4.69) is 13.8 Å². The fraction of sp³-hybridized carbons (Fsp3) is 0.667. The van der Waals surface area contributed by atoms with Gasteiger partial charge in [-0.15, -0.1) is 0 Å². The zero-order valence-electron chi connectivity index (χ0n) is 16.0. The van der Waals surface area contributed by atoms with Crippen molar-refractivity contribution in [1.82, 2.24) is 0 Å². The molecule has 0 aromatic heterocycles. The third-order valence-electron chi connectivity index (χ3n) is 4.62. The number of esters is 1. The minimum absolute atomic E-state index is 0.0284. The summed E-state index contributed by atoms with van der Waals surface area (Å²) in [6.45, 7) is 4.79. The molecule has 1 saturated heterocycles. The predicted octanol–water partition coefficient (Wildman–Crippen LogP) is 5.03. The van der Waals surface area contributed by atoms with Gasteiger partial charge < -0.3 is 14.2 Å². The zero-order valence-corrected chi connectivity index (χ0v) is 16.0. The van der Waals surface area contributed by atoms with Gasteiger partial charge in [-0.2, -0.15) is 0 Å². The SMILES string of the molecule is CCCCCc1ccc(OC(=O)C2COC(CCCCC)OC2)c(F)c1. The Kier molecular flexibility index (Phi) is 9.06. The molecule has 0 spiro atoms. The number of aryl methyl sites for hydroxylation is 1. The Morgan fingerprint density at radius 2 is 1.81 bits per heavy atom. The quantitative estimate of drug-likeness (QED) is 0.331. The van der Waals surface area contributed by atoms with Crippen molar-refractivity contribution in [2.75, 3.05) is 13.2 Å². The lowest BCUT2D eigenvalue weighted by Crippen LogP contribution is -2.38. The van der Waals surface area contributed by atoms with Crippen molar-refractivity contribution >= 4 is 5.97 Å². The molecule has 0 aliphatic carbocycles. The van der Waals surface area contributed by atoms with Gasteiger partial charge in [-0.1, -0.05) is 45.6 Å². The van der Waals surface area contributed by atoms with Crippen LogP contribution in [0.5, 0.6) is 5.75 Å². The van der Waals surface area contributed by atoms with Gasteiger partial charge in [0.2, 0.25) is 0 Å². The first-order valence-electron chi connectivity index (χ1n) is 9.87. The van der Waals surface area contributed by atoms with Crippen LogP contribution in [-0.2, 0) is 20.7 Å². The summed E-state index contributed by atoms with van der Waals surface area (Å²) in [7, 11) is 0. The van der Waals surface area contributed by atoms with Crippen molar-refractivity contribution < 1.29 is 23.4 Å². The van der Waals surface area contributed by atoms with Crippen molar-refractivity contribution in [3.05, 3.63) is 29.6 Å². The van der Waals surface area contributed by atoms with Crippen molar-refractivity contribution in [3.63, 3.8) is 0 Å². The van der Waals surface area contributed by atoms with Crippen LogP contribution in [0.1, 0.15) is 64.4 Å². The van der Waals surface area contributed by atoms with Crippen LogP contribution in [0.3, 0.4) is 0 Å². The molecule has 1 fully saturated rings. The third-order valence-corrected chi connectivity index (χ3v) is 4.62. The number of benzene rings is 1. The van der Waals surface area contributed by atoms with Crippen molar-refractivity contribution in [1.29, 1.82) is 0 Å². The summed E-state index contributed by atoms with van der Waals surface area (Å²) in [5.74, 6) is -1.54. The van der Waals surface area contributed by atoms with Crippen LogP contribution >= 0.6 is 0 Å². The molecule has 0 saturated carbocycles. The molecule has 0 bridgehead atoms. The average Bonchev–Trinajstić information content (AvgIpc) is 2.65. The van der Waals surface area contributed by atoms with Crippen LogP contribution < -0.4 is 4.74 Å². The minimum atomic E-state index is -0.513. The molecule has 26 heavy (non-hydrogen) atoms. The fourth-order valence-electron chi connectivity index (χ4n) is 2.96. The van der Waals surface area contributed by atoms with E-state index in [4.69, 9.17) is 14.2 Å². The van der Waals surface area contributed by atoms with Crippen LogP contribution in [0.15, 0.2) is 18.2 Å². The smallest absolute Gasteiger partial charge is 0.319 e. The highest BCUT2D eigenvalue weighted by molar-refractivity contribution is 5.75. The van der Waals surface area contributed by atoms with Crippen LogP contribution in [0, 0.1) is 11.7 Å². The molecule has 2 rings (SSSR count). The van der Waals surface area contributed by atoms with Crippen molar-refractivity contribution in [2.45, 2.75) is 71.5 Å². The molecule has 1 aromatic carbocycles. The Morgan fingerprint density at radius 3 is 2.46 bits per heavy atom. The summed E-state index contributed by atoms with van der Waals surface area (Å²) in [4.78, 5) is 12.2. The van der Waals surface area contributed by atoms with E-state index in [9.17, 15) is 9.18 Å². The van der Waals surface area contributed by atoms with Crippen LogP contribution in [0.2, 0.25) is 0 Å². The normalized spacial score (nSPS) is 20.1. The number of halogens is 1. The van der Waals surface area contributed by atoms with Gasteiger partial charge >= 0.3 is 5.97 Å². The largest absolute Gasteiger partial charge is 0.423 e. The molecule has 0 N–H and O–H groups in total. The fourth-order valence-corrected chi connectivity index (χ4v) is 2.96. The molecule has 1 aromatic rings. The summed E-state index contributed by atoms with van der Waals surface area (Å²) >= 11 is 0. The summed E-state index contributed by atoms with van der Waals surface area (Å²) in [5.41, 5.74) is 0.926. The highest BCUT2D eigenvalue weighted by Gasteiger charge is 2.29. The van der Waals surface area contributed by atoms with Gasteiger partial charge in [-0.3, -0.25) is 4.79 Å². The molecule has 0 unspecified atom stereocenters. The maximum Gasteiger partial charge on any atom is 0.319 e. The van der Waals surface area contributed by atoms with Gasteiger partial charge in [-0.05, 0) is 43.4 Å². The van der Waals surface area contributed by atoms with Crippen molar-refractivity contribution in [2.24, 2.45) is 5.92 Å². The van der Waals surface area contributed by atoms with E-state index in [1.54, 1.807) is 0 Å². The maximum atomic E-state index is 14.2. The number of unbranched alkanes of at least 4 members (excludes halogenated alkanes) is 4. The van der Waals surface area contributed by atoms with Crippen molar-refractivity contribution in [3.8, 4) is 5.75 Å². The molecule has 4 nitrogen and oxygen atoms in total. The lowest BCUT2D eigenvalue weighted by molar-refractivity contribution is -0.208. The highest BCUT2D eigenvalue weighted by atomic mass is 19.1. The molecule has 1 aliphatic rings. The van der Waals surface area contributed by atoms with Gasteiger partial charge in [0.05, 0.1) is 13.2 Å². The molecule has 5 heteroatoms. The number of rotatable bonds is 10. The molecule has 146 valence electrons. The Labute approximate surface area is 156 Å². The molecule has 1 heterocycles. The molecule has 0 atom stereocenters. The van der Waals surface area contributed by atoms with Gasteiger partial charge in [0, 0.05) is 0 Å². The van der Waals surface area contributed by atoms with E-state index in [1.165, 1.54) is 12.1 Å². The van der Waals surface area contributed by atoms with Gasteiger partial charge in [0.25, 0.3) is 0 Å². The Hall–Kier alpha value is -1.46. The maximum absolute atomic E-state index is 14.2. The number of carbonyl (C=O) groups excluding carboxylic acids is 1. The molecule has 0 amide bonds. The molecular formula is C21H31FO4. The van der Waals surface area contributed by atoms with Crippen LogP contribution in [0.4, 0.5) is 4.39 Å². The second kappa shape index (κ2) is 11.3. The molecule has 0 radical (unpaired) electrons. The van der Waals surface area contributed by atoms with Gasteiger partial charge in [-0.25, -0.2) is 4.39 Å². The van der Waals surface area contributed by atoms with E-state index in [1.807, 2.05) is 6.07 Å². The topological polar surface area (TPSA) is 44.8 Å². The van der Waals surface area contributed by atoms with Gasteiger partial charge in [0.15, 0.2) is 17.9 Å². The summed E-state index contributed by atoms with van der Waals surface area (Å²) < 4.78 is 30.6. The second-order valence-electron chi connectivity index (χ2n) is 6.93. The highest BCUT2D eigenvalue weighted by Crippen LogP contribution is 2.23. The number of hydrogen-bond donors (Lipinski definition) is 0. The lowest BCUT2D eigenvalue weighted by Gasteiger charge is -2.28. The van der Waals surface area contributed by atoms with E-state index in [-0.39, 0.29) is 25.3 Å². The first kappa shape index (κ1) is 20.8. The lowest BCUT2D eigenvalue weighted by atomic mass is 10.1. The second-order valence-corrected chi connectivity index (χ2v) is 6.93. The predicted molar refractivity (Wildman–Crippen MR) is 98.6 cm³/mol. The van der Waals surface area contributed by atoms with Crippen LogP contribution in [0.25, 0.3) is 0 Å². The summed E-state index contributed by atoms with van der Waals surface area (Å²) in [6.07, 6.45) is 8.05. The number of carbonyl (C=O) groups is 1. The van der Waals surface area contributed by atoms with Gasteiger partial charge in [0.1, 0.15) is 5.92 Å². The Morgan fingerprint density at radius 1 is 1.12 bits per heavy atom. The molecule has 1 aliphatic heterocycles. The number of hydrogen-bond acceptors (Lipinski definition) is 4. The van der Waals surface area contributed by atoms with E-state index in [0.29, 0.717) is 0 Å². The minimum Gasteiger partial charge on any atom is -0.423 e. The summed E-state index contributed by atoms with van der Waals surface area (Å²) in [6, 6.07) is 4.81. The Bertz CT molecular complexity index is 553. The average molecular weight is 366 g/mol. The van der Waals surface area contributed by atoms with E-state index >= 15 is 0 Å². The molecular weight excluding hydrogens is 335 g/mol.